The Morgan fingerprint density at radius 2 is 1.69 bits per heavy atom. The number of unbranched alkanes of at least 4 members (excludes halogenated alkanes) is 1. The standard InChI is InChI=1S/C32H40N4O5S/c37-30(24-25-10-3-1-4-11-25)35-29(32(38)39)18-21-36(22-23-42(40,41)28-14-5-2-6-15-28)20-8-7-13-27-17-16-26-12-9-19-33-31(26)34-27/h1-6,10-11,14-17,29H,7-9,12-13,18-24H2,(H,33,34)(H,35,37)(H,38,39). The lowest BCUT2D eigenvalue weighted by molar-refractivity contribution is -0.142. The molecule has 10 heteroatoms. The number of benzene rings is 2. The first kappa shape index (κ1) is 31.2. The summed E-state index contributed by atoms with van der Waals surface area (Å²) in [5, 5.41) is 15.8. The highest BCUT2D eigenvalue weighted by Crippen LogP contribution is 2.20. The van der Waals surface area contributed by atoms with Gasteiger partial charge < -0.3 is 20.6 Å². The molecule has 1 atom stereocenters. The summed E-state index contributed by atoms with van der Waals surface area (Å²) >= 11 is 0. The molecule has 0 saturated carbocycles. The zero-order valence-electron chi connectivity index (χ0n) is 23.9. The number of carbonyl (C=O) groups excluding carboxylic acids is 1. The summed E-state index contributed by atoms with van der Waals surface area (Å²) in [4.78, 5) is 31.5. The molecule has 9 nitrogen and oxygen atoms in total. The highest BCUT2D eigenvalue weighted by atomic mass is 32.2. The molecule has 4 rings (SSSR count). The number of nitrogens with one attached hydrogen (secondary N) is 2. The Kier molecular flexibility index (Phi) is 11.5. The molecule has 3 N–H and O–H groups in total. The summed E-state index contributed by atoms with van der Waals surface area (Å²) in [6.07, 6.45) is 4.89. The number of amides is 1. The number of aromatic nitrogens is 1. The number of pyridine rings is 1. The predicted octanol–water partition coefficient (Wildman–Crippen LogP) is 3.74. The van der Waals surface area contributed by atoms with E-state index in [0.29, 0.717) is 13.1 Å². The van der Waals surface area contributed by atoms with E-state index in [2.05, 4.69) is 22.8 Å². The summed E-state index contributed by atoms with van der Waals surface area (Å²) in [7, 11) is -3.49. The third-order valence-corrected chi connectivity index (χ3v) is 9.17. The molecule has 1 amide bonds. The van der Waals surface area contributed by atoms with Gasteiger partial charge in [-0.2, -0.15) is 0 Å². The molecule has 2 aromatic carbocycles. The highest BCUT2D eigenvalue weighted by molar-refractivity contribution is 7.91. The van der Waals surface area contributed by atoms with E-state index in [4.69, 9.17) is 4.98 Å². The van der Waals surface area contributed by atoms with Gasteiger partial charge in [-0.1, -0.05) is 54.6 Å². The smallest absolute Gasteiger partial charge is 0.326 e. The Hall–Kier alpha value is -3.76. The van der Waals surface area contributed by atoms with Crippen molar-refractivity contribution in [3.63, 3.8) is 0 Å². The molecule has 0 aliphatic carbocycles. The molecular weight excluding hydrogens is 552 g/mol. The molecule has 0 bridgehead atoms. The van der Waals surface area contributed by atoms with Crippen LogP contribution in [0.1, 0.15) is 42.5 Å². The maximum absolute atomic E-state index is 12.9. The van der Waals surface area contributed by atoms with Gasteiger partial charge in [0.15, 0.2) is 9.84 Å². The predicted molar refractivity (Wildman–Crippen MR) is 163 cm³/mol. The Morgan fingerprint density at radius 1 is 0.952 bits per heavy atom. The van der Waals surface area contributed by atoms with Gasteiger partial charge in [-0.15, -0.1) is 0 Å². The van der Waals surface area contributed by atoms with E-state index in [9.17, 15) is 23.1 Å². The summed E-state index contributed by atoms with van der Waals surface area (Å²) in [6.45, 7) is 2.16. The van der Waals surface area contributed by atoms with Crippen molar-refractivity contribution >= 4 is 27.5 Å². The Bertz CT molecular complexity index is 1420. The molecule has 0 spiro atoms. The number of sulfone groups is 1. The fourth-order valence-electron chi connectivity index (χ4n) is 5.08. The molecule has 2 heterocycles. The SMILES string of the molecule is O=C(Cc1ccccc1)NC(CCN(CCCCc1ccc2c(n1)NCCC2)CCS(=O)(=O)c1ccccc1)C(=O)O. The molecule has 224 valence electrons. The van der Waals surface area contributed by atoms with E-state index in [0.717, 1.165) is 55.7 Å². The van der Waals surface area contributed by atoms with Crippen LogP contribution in [0.5, 0.6) is 0 Å². The molecule has 1 unspecified atom stereocenters. The van der Waals surface area contributed by atoms with Gasteiger partial charge in [0.1, 0.15) is 11.9 Å². The second kappa shape index (κ2) is 15.5. The van der Waals surface area contributed by atoms with Crippen LogP contribution in [0.2, 0.25) is 0 Å². The summed E-state index contributed by atoms with van der Waals surface area (Å²) < 4.78 is 25.9. The number of carboxylic acids is 1. The molecule has 1 aromatic heterocycles. The first-order valence-electron chi connectivity index (χ1n) is 14.6. The summed E-state index contributed by atoms with van der Waals surface area (Å²) in [6, 6.07) is 20.7. The minimum atomic E-state index is -3.49. The Labute approximate surface area is 248 Å². The van der Waals surface area contributed by atoms with Crippen LogP contribution in [0, 0.1) is 0 Å². The summed E-state index contributed by atoms with van der Waals surface area (Å²) in [5.74, 6) is -0.576. The van der Waals surface area contributed by atoms with Gasteiger partial charge >= 0.3 is 5.97 Å². The average molecular weight is 593 g/mol. The minimum Gasteiger partial charge on any atom is -0.480 e. The first-order chi connectivity index (χ1) is 20.3. The van der Waals surface area contributed by atoms with Crippen LogP contribution in [0.25, 0.3) is 0 Å². The average Bonchev–Trinajstić information content (AvgIpc) is 3.00. The summed E-state index contributed by atoms with van der Waals surface area (Å²) in [5.41, 5.74) is 3.07. The van der Waals surface area contributed by atoms with Crippen LogP contribution in [0.4, 0.5) is 5.82 Å². The van der Waals surface area contributed by atoms with Crippen molar-refractivity contribution in [2.24, 2.45) is 0 Å². The van der Waals surface area contributed by atoms with E-state index in [1.807, 2.05) is 35.2 Å². The van der Waals surface area contributed by atoms with E-state index in [1.165, 1.54) is 5.56 Å². The fourth-order valence-corrected chi connectivity index (χ4v) is 6.38. The van der Waals surface area contributed by atoms with Gasteiger partial charge in [0.2, 0.25) is 5.91 Å². The number of rotatable bonds is 16. The van der Waals surface area contributed by atoms with Crippen molar-refractivity contribution in [1.29, 1.82) is 0 Å². The second-order valence-corrected chi connectivity index (χ2v) is 12.8. The highest BCUT2D eigenvalue weighted by Gasteiger charge is 2.22. The van der Waals surface area contributed by atoms with Gasteiger partial charge in [-0.25, -0.2) is 18.2 Å². The lowest BCUT2D eigenvalue weighted by Crippen LogP contribution is -2.44. The van der Waals surface area contributed by atoms with Gasteiger partial charge in [0, 0.05) is 25.3 Å². The van der Waals surface area contributed by atoms with Crippen molar-refractivity contribution in [3.05, 3.63) is 89.6 Å². The van der Waals surface area contributed by atoms with E-state index in [1.54, 1.807) is 30.3 Å². The molecule has 0 saturated heterocycles. The number of carbonyl (C=O) groups is 2. The van der Waals surface area contributed by atoms with Gasteiger partial charge in [0.25, 0.3) is 0 Å². The van der Waals surface area contributed by atoms with Crippen molar-refractivity contribution in [1.82, 2.24) is 15.2 Å². The van der Waals surface area contributed by atoms with Crippen LogP contribution < -0.4 is 10.6 Å². The minimum absolute atomic E-state index is 0.0762. The zero-order valence-corrected chi connectivity index (χ0v) is 24.7. The molecule has 0 fully saturated rings. The first-order valence-corrected chi connectivity index (χ1v) is 16.2. The number of fused-ring (bicyclic) bond motifs is 1. The maximum Gasteiger partial charge on any atom is 0.326 e. The number of nitrogens with zero attached hydrogens (tertiary/aromatic N) is 2. The largest absolute Gasteiger partial charge is 0.480 e. The van der Waals surface area contributed by atoms with Gasteiger partial charge in [-0.05, 0) is 74.4 Å². The topological polar surface area (TPSA) is 129 Å². The van der Waals surface area contributed by atoms with Crippen molar-refractivity contribution < 1.29 is 23.1 Å². The number of hydrogen-bond acceptors (Lipinski definition) is 7. The van der Waals surface area contributed by atoms with E-state index >= 15 is 0 Å². The second-order valence-electron chi connectivity index (χ2n) is 10.7. The van der Waals surface area contributed by atoms with Crippen LogP contribution >= 0.6 is 0 Å². The van der Waals surface area contributed by atoms with Crippen molar-refractivity contribution in [2.75, 3.05) is 37.2 Å². The van der Waals surface area contributed by atoms with Crippen LogP contribution in [-0.2, 0) is 38.7 Å². The number of carboxylic acid groups (broad SMARTS) is 1. The number of hydrogen-bond donors (Lipinski definition) is 3. The number of anilines is 1. The quantitative estimate of drug-likeness (QED) is 0.215. The number of aliphatic carboxylic acids is 1. The van der Waals surface area contributed by atoms with Crippen LogP contribution in [-0.4, -0.2) is 73.3 Å². The normalized spacial score (nSPS) is 13.6. The molecule has 42 heavy (non-hydrogen) atoms. The molecule has 1 aliphatic rings. The maximum atomic E-state index is 12.9. The Morgan fingerprint density at radius 3 is 2.43 bits per heavy atom. The Balaban J connectivity index is 1.34. The van der Waals surface area contributed by atoms with Crippen molar-refractivity contribution in [2.45, 2.75) is 55.9 Å². The van der Waals surface area contributed by atoms with Crippen LogP contribution in [0.3, 0.4) is 0 Å². The van der Waals surface area contributed by atoms with E-state index in [-0.39, 0.29) is 35.9 Å². The zero-order chi connectivity index (χ0) is 29.8. The van der Waals surface area contributed by atoms with Gasteiger partial charge in [-0.3, -0.25) is 4.79 Å². The lowest BCUT2D eigenvalue weighted by Gasteiger charge is -2.24. The lowest BCUT2D eigenvalue weighted by atomic mass is 10.1. The molecule has 0 radical (unpaired) electrons. The van der Waals surface area contributed by atoms with Crippen LogP contribution in [0.15, 0.2) is 77.7 Å². The monoisotopic (exact) mass is 592 g/mol. The third kappa shape index (κ3) is 9.66. The third-order valence-electron chi connectivity index (χ3n) is 7.46. The van der Waals surface area contributed by atoms with Crippen molar-refractivity contribution in [3.8, 4) is 0 Å². The number of aryl methyl sites for hydroxylation is 2. The van der Waals surface area contributed by atoms with Gasteiger partial charge in [0.05, 0.1) is 17.1 Å². The molecular formula is C32H40N4O5S. The molecule has 3 aromatic rings. The van der Waals surface area contributed by atoms with E-state index < -0.39 is 21.8 Å². The fraction of sp³-hybridized carbons (Fsp3) is 0.406. The molecule has 1 aliphatic heterocycles.